The maximum absolute atomic E-state index is 13.1. The first kappa shape index (κ1) is 21.6. The van der Waals surface area contributed by atoms with E-state index >= 15 is 0 Å². The molecule has 3 aromatic carbocycles. The zero-order valence-corrected chi connectivity index (χ0v) is 18.4. The highest BCUT2D eigenvalue weighted by Gasteiger charge is 2.29. The summed E-state index contributed by atoms with van der Waals surface area (Å²) in [4.78, 5) is 13.1. The molecular weight excluding hydrogens is 396 g/mol. The number of anilines is 2. The number of sulfonamides is 1. The molecule has 0 aromatic heterocycles. The number of amides is 1. The zero-order valence-electron chi connectivity index (χ0n) is 17.6. The number of benzene rings is 3. The zero-order chi connectivity index (χ0) is 21.9. The quantitative estimate of drug-likeness (QED) is 0.623. The Labute approximate surface area is 178 Å². The largest absolute Gasteiger partial charge is 0.324 e. The van der Waals surface area contributed by atoms with Crippen LogP contribution < -0.4 is 9.62 Å². The van der Waals surface area contributed by atoms with Gasteiger partial charge in [-0.15, -0.1) is 0 Å². The minimum Gasteiger partial charge on any atom is -0.324 e. The molecule has 0 saturated carbocycles. The van der Waals surface area contributed by atoms with E-state index in [1.165, 1.54) is 4.31 Å². The Morgan fingerprint density at radius 3 is 2.07 bits per heavy atom. The molecule has 0 aliphatic rings. The lowest BCUT2D eigenvalue weighted by molar-refractivity contribution is -0.116. The van der Waals surface area contributed by atoms with Crippen molar-refractivity contribution in [2.45, 2.75) is 26.8 Å². The Bertz CT molecular complexity index is 1140. The fraction of sp³-hybridized carbons (Fsp3) is 0.208. The van der Waals surface area contributed by atoms with Gasteiger partial charge in [-0.2, -0.15) is 0 Å². The van der Waals surface area contributed by atoms with Crippen molar-refractivity contribution < 1.29 is 13.2 Å². The lowest BCUT2D eigenvalue weighted by atomic mass is 10.0. The molecule has 6 heteroatoms. The van der Waals surface area contributed by atoms with Gasteiger partial charge in [0.15, 0.2) is 0 Å². The van der Waals surface area contributed by atoms with Crippen LogP contribution in [0.1, 0.15) is 18.1 Å². The molecule has 5 nitrogen and oxygen atoms in total. The number of nitrogens with zero attached hydrogens (tertiary/aromatic N) is 1. The Kier molecular flexibility index (Phi) is 6.27. The van der Waals surface area contributed by atoms with Crippen LogP contribution in [0.25, 0.3) is 11.1 Å². The van der Waals surface area contributed by atoms with Gasteiger partial charge < -0.3 is 5.32 Å². The third-order valence-electron chi connectivity index (χ3n) is 4.82. The van der Waals surface area contributed by atoms with Crippen molar-refractivity contribution in [2.75, 3.05) is 15.9 Å². The van der Waals surface area contributed by atoms with Gasteiger partial charge in [-0.05, 0) is 55.7 Å². The minimum absolute atomic E-state index is 0.400. The van der Waals surface area contributed by atoms with Crippen molar-refractivity contribution in [3.8, 4) is 11.1 Å². The molecule has 0 heterocycles. The fourth-order valence-electron chi connectivity index (χ4n) is 3.59. The van der Waals surface area contributed by atoms with E-state index in [1.54, 1.807) is 19.1 Å². The van der Waals surface area contributed by atoms with Gasteiger partial charge in [0.25, 0.3) is 0 Å². The molecule has 0 aliphatic carbocycles. The van der Waals surface area contributed by atoms with E-state index in [1.807, 2.05) is 74.5 Å². The van der Waals surface area contributed by atoms with Gasteiger partial charge >= 0.3 is 0 Å². The Morgan fingerprint density at radius 2 is 1.47 bits per heavy atom. The molecule has 0 saturated heterocycles. The van der Waals surface area contributed by atoms with Crippen LogP contribution in [0.3, 0.4) is 0 Å². The number of rotatable bonds is 6. The highest BCUT2D eigenvalue weighted by Crippen LogP contribution is 2.29. The second kappa shape index (κ2) is 8.71. The van der Waals surface area contributed by atoms with Crippen LogP contribution in [0.15, 0.2) is 72.8 Å². The third-order valence-corrected chi connectivity index (χ3v) is 6.06. The maximum Gasteiger partial charge on any atom is 0.248 e. The molecule has 3 aromatic rings. The van der Waals surface area contributed by atoms with Gasteiger partial charge in [0.1, 0.15) is 6.04 Å². The highest BCUT2D eigenvalue weighted by molar-refractivity contribution is 7.92. The summed E-state index contributed by atoms with van der Waals surface area (Å²) >= 11 is 0. The van der Waals surface area contributed by atoms with Crippen molar-refractivity contribution in [2.24, 2.45) is 0 Å². The second-order valence-corrected chi connectivity index (χ2v) is 9.34. The summed E-state index contributed by atoms with van der Waals surface area (Å²) in [5.41, 5.74) is 4.82. The number of nitrogens with one attached hydrogen (secondary N) is 1. The number of carbonyl (C=O) groups is 1. The van der Waals surface area contributed by atoms with Crippen LogP contribution in [-0.4, -0.2) is 26.6 Å². The fourth-order valence-corrected chi connectivity index (χ4v) is 4.74. The molecule has 30 heavy (non-hydrogen) atoms. The molecule has 1 N–H and O–H groups in total. The van der Waals surface area contributed by atoms with E-state index < -0.39 is 22.0 Å². The number of aryl methyl sites for hydroxylation is 2. The van der Waals surface area contributed by atoms with Gasteiger partial charge in [-0.1, -0.05) is 54.6 Å². The normalized spacial score (nSPS) is 12.3. The standard InChI is InChI=1S/C24H26N2O3S/c1-17-14-18(2)16-21(15-17)26(30(4,28)29)19(3)24(27)25-23-13-9-8-12-22(23)20-10-6-5-7-11-20/h5-16,19H,1-4H3,(H,25,27). The van der Waals surface area contributed by atoms with Crippen LogP contribution in [0.2, 0.25) is 0 Å². The minimum atomic E-state index is -3.68. The monoisotopic (exact) mass is 422 g/mol. The molecule has 0 bridgehead atoms. The summed E-state index contributed by atoms with van der Waals surface area (Å²) in [5.74, 6) is -0.400. The number of para-hydroxylation sites is 1. The van der Waals surface area contributed by atoms with Crippen LogP contribution in [0.4, 0.5) is 11.4 Å². The predicted octanol–water partition coefficient (Wildman–Crippen LogP) is 4.76. The Hall–Kier alpha value is -3.12. The van der Waals surface area contributed by atoms with Crippen molar-refractivity contribution in [3.63, 3.8) is 0 Å². The molecule has 1 amide bonds. The lowest BCUT2D eigenvalue weighted by Crippen LogP contribution is -2.45. The molecule has 1 atom stereocenters. The molecule has 0 radical (unpaired) electrons. The van der Waals surface area contributed by atoms with Crippen molar-refractivity contribution >= 4 is 27.3 Å². The summed E-state index contributed by atoms with van der Waals surface area (Å²) in [7, 11) is -3.68. The molecule has 156 valence electrons. The van der Waals surface area contributed by atoms with Crippen molar-refractivity contribution in [1.29, 1.82) is 0 Å². The SMILES string of the molecule is Cc1cc(C)cc(N(C(C)C(=O)Nc2ccccc2-c2ccccc2)S(C)(=O)=O)c1. The van der Waals surface area contributed by atoms with E-state index in [2.05, 4.69) is 5.32 Å². The van der Waals surface area contributed by atoms with Gasteiger partial charge in [0, 0.05) is 11.3 Å². The Balaban J connectivity index is 1.95. The highest BCUT2D eigenvalue weighted by atomic mass is 32.2. The topological polar surface area (TPSA) is 66.5 Å². The summed E-state index contributed by atoms with van der Waals surface area (Å²) in [6.07, 6.45) is 1.12. The first-order valence-electron chi connectivity index (χ1n) is 9.70. The average Bonchev–Trinajstić information content (AvgIpc) is 2.67. The predicted molar refractivity (Wildman–Crippen MR) is 123 cm³/mol. The summed E-state index contributed by atoms with van der Waals surface area (Å²) < 4.78 is 26.3. The molecule has 3 rings (SSSR count). The lowest BCUT2D eigenvalue weighted by Gasteiger charge is -2.29. The van der Waals surface area contributed by atoms with Crippen LogP contribution >= 0.6 is 0 Å². The number of carbonyl (C=O) groups excluding carboxylic acids is 1. The molecular formula is C24H26N2O3S. The van der Waals surface area contributed by atoms with Gasteiger partial charge in [0.05, 0.1) is 11.9 Å². The van der Waals surface area contributed by atoms with Crippen molar-refractivity contribution in [1.82, 2.24) is 0 Å². The Morgan fingerprint density at radius 1 is 0.900 bits per heavy atom. The van der Waals surface area contributed by atoms with E-state index in [9.17, 15) is 13.2 Å². The van der Waals surface area contributed by atoms with Crippen molar-refractivity contribution in [3.05, 3.63) is 83.9 Å². The summed E-state index contributed by atoms with van der Waals surface area (Å²) in [5, 5.41) is 2.92. The number of hydrogen-bond acceptors (Lipinski definition) is 3. The van der Waals surface area contributed by atoms with E-state index in [0.717, 1.165) is 28.5 Å². The maximum atomic E-state index is 13.1. The van der Waals surface area contributed by atoms with Crippen LogP contribution in [-0.2, 0) is 14.8 Å². The van der Waals surface area contributed by atoms with Crippen LogP contribution in [0.5, 0.6) is 0 Å². The van der Waals surface area contributed by atoms with Gasteiger partial charge in [-0.3, -0.25) is 9.10 Å². The van der Waals surface area contributed by atoms with E-state index in [-0.39, 0.29) is 0 Å². The number of hydrogen-bond donors (Lipinski definition) is 1. The molecule has 0 spiro atoms. The van der Waals surface area contributed by atoms with Gasteiger partial charge in [0.2, 0.25) is 15.9 Å². The summed E-state index contributed by atoms with van der Waals surface area (Å²) in [6, 6.07) is 21.8. The molecule has 0 aliphatic heterocycles. The van der Waals surface area contributed by atoms with Crippen LogP contribution in [0, 0.1) is 13.8 Å². The third kappa shape index (κ3) is 4.89. The summed E-state index contributed by atoms with van der Waals surface area (Å²) in [6.45, 7) is 5.40. The van der Waals surface area contributed by atoms with Gasteiger partial charge in [-0.25, -0.2) is 8.42 Å². The second-order valence-electron chi connectivity index (χ2n) is 7.48. The first-order chi connectivity index (χ1) is 14.2. The van der Waals surface area contributed by atoms with E-state index in [0.29, 0.717) is 11.4 Å². The smallest absolute Gasteiger partial charge is 0.248 e. The molecule has 0 fully saturated rings. The first-order valence-corrected chi connectivity index (χ1v) is 11.5. The van der Waals surface area contributed by atoms with E-state index in [4.69, 9.17) is 0 Å². The average molecular weight is 423 g/mol. The molecule has 1 unspecified atom stereocenters.